The number of aryl methyl sites for hydroxylation is 7. The molecule has 0 aromatic heterocycles. The number of amides is 4. The molecule has 105 heavy (non-hydrogen) atoms. The highest BCUT2D eigenvalue weighted by Gasteiger charge is 2.25. The highest BCUT2D eigenvalue weighted by molar-refractivity contribution is 8.00. The van der Waals surface area contributed by atoms with Crippen LogP contribution in [0.3, 0.4) is 0 Å². The highest BCUT2D eigenvalue weighted by atomic mass is 35.5. The Bertz CT molecular complexity index is 4180. The van der Waals surface area contributed by atoms with Gasteiger partial charge in [0.25, 0.3) is 0 Å². The van der Waals surface area contributed by atoms with Crippen LogP contribution in [-0.2, 0) is 24.6 Å². The fraction of sp³-hybridized carbons (Fsp3) is 0.253. The molecular formula is C79H82Cl6F8N4O7S. The van der Waals surface area contributed by atoms with E-state index in [4.69, 9.17) is 79.8 Å². The number of anilines is 4. The van der Waals surface area contributed by atoms with E-state index >= 15 is 0 Å². The van der Waals surface area contributed by atoms with Gasteiger partial charge in [-0.25, -0.2) is 39.9 Å². The van der Waals surface area contributed by atoms with Crippen LogP contribution >= 0.6 is 81.4 Å². The van der Waals surface area contributed by atoms with Crippen LogP contribution in [0.25, 0.3) is 0 Å². The van der Waals surface area contributed by atoms with Crippen molar-refractivity contribution in [2.45, 2.75) is 115 Å². The van der Waals surface area contributed by atoms with E-state index in [9.17, 15) is 59.1 Å². The van der Waals surface area contributed by atoms with E-state index in [2.05, 4.69) is 42.0 Å². The summed E-state index contributed by atoms with van der Waals surface area (Å²) >= 11 is 34.5. The maximum Gasteiger partial charge on any atom is 0.323 e. The lowest BCUT2D eigenvalue weighted by atomic mass is 9.85. The van der Waals surface area contributed by atoms with Crippen molar-refractivity contribution >= 4 is 134 Å². The number of urea groups is 1. The van der Waals surface area contributed by atoms with Gasteiger partial charge >= 0.3 is 18.0 Å². The number of carbonyl (C=O) groups is 5. The average Bonchev–Trinajstić information content (AvgIpc) is 0.862. The van der Waals surface area contributed by atoms with Gasteiger partial charge in [-0.05, 0) is 204 Å². The van der Waals surface area contributed by atoms with Gasteiger partial charge in [0.2, 0.25) is 11.8 Å². The lowest BCUT2D eigenvalue weighted by Crippen LogP contribution is -2.24. The Hall–Kier alpha value is -8.34. The molecule has 0 atom stereocenters. The predicted molar refractivity (Wildman–Crippen MR) is 415 cm³/mol. The van der Waals surface area contributed by atoms with Gasteiger partial charge < -0.3 is 31.5 Å². The first kappa shape index (κ1) is 92.7. The van der Waals surface area contributed by atoms with Crippen molar-refractivity contribution in [1.29, 1.82) is 0 Å². The monoisotopic (exact) mass is 1590 g/mol. The molecule has 9 aromatic rings. The van der Waals surface area contributed by atoms with Crippen LogP contribution in [0.4, 0.5) is 62.7 Å². The zero-order chi connectivity index (χ0) is 79.8. The smallest absolute Gasteiger partial charge is 0.323 e. The summed E-state index contributed by atoms with van der Waals surface area (Å²) in [7, 11) is 0. The SMILES string of the molecule is Cc1c(F)ccc(F)c1Cl.Cc1cc(Cl)ccc1Cl.Cc1cc(F)c(Cl)cc1Cl.Cc1cc(F)c(F)c(F)c1F.Cc1ccc(Cl)c(C)c1F.Cc1ccc(NC(=O)CC(C)(C)CC(=O)O)cc1.Cc1ccc(NC(=O)CSCC(=O)O)cc1.Cc1ccc(NC(=O)Nc2ccc(C(C)(C)C)cc2)cc1. The molecule has 4 amide bonds. The highest BCUT2D eigenvalue weighted by Crippen LogP contribution is 2.29. The molecule has 0 unspecified atom stereocenters. The van der Waals surface area contributed by atoms with Crippen molar-refractivity contribution in [1.82, 2.24) is 0 Å². The van der Waals surface area contributed by atoms with E-state index in [1.54, 1.807) is 58.9 Å². The third-order valence-corrected chi connectivity index (χ3v) is 17.3. The molecule has 11 nitrogen and oxygen atoms in total. The van der Waals surface area contributed by atoms with Crippen molar-refractivity contribution in [2.24, 2.45) is 5.41 Å². The molecule has 0 aliphatic heterocycles. The summed E-state index contributed by atoms with van der Waals surface area (Å²) in [5.74, 6) is -9.98. The normalized spacial score (nSPS) is 10.4. The van der Waals surface area contributed by atoms with Gasteiger partial charge in [-0.15, -0.1) is 11.8 Å². The van der Waals surface area contributed by atoms with Crippen LogP contribution in [-0.4, -0.2) is 51.5 Å². The standard InChI is InChI=1S/C18H22N2O.C14H19NO3.C11H13NO3S.C8H8ClF.C7H5Cl2F.C7H6Cl2.C7H5ClF2.C7H4F4/c1-13-5-9-15(10-6-13)19-17(21)20-16-11-7-14(8-12-16)18(2,3)4;1-10-4-6-11(7-5-10)15-12(16)8-14(2,3)9-13(17)18;1-8-2-4-9(5-3-8)12-10(13)6-16-7-11(14)15;1-5-3-4-7(9)6(2)8(5)10;1-4-2-7(10)6(9)3-5(4)8;1-5-4-6(8)2-3-7(5)9;1-4-5(9)2-3-6(10)7(4)8;1-3-2-4(8)6(10)7(11)5(3)9/h5-12H,1-4H3,(H2,19,20,21);4-7H,8-9H2,1-3H3,(H,15,16)(H,17,18);2-5H,6-7H2,1H3,(H,12,13)(H,14,15);3-4H,1-2H3;2-3H,1H3;2-4H,1H3;2-3H,1H3;2H,1H3. The fourth-order valence-corrected chi connectivity index (χ4v) is 9.70. The summed E-state index contributed by atoms with van der Waals surface area (Å²) in [5.41, 5.74) is 10.0. The zero-order valence-corrected chi connectivity index (χ0v) is 65.3. The molecule has 0 radical (unpaired) electrons. The maximum atomic E-state index is 12.9. The summed E-state index contributed by atoms with van der Waals surface area (Å²) in [6, 6.07) is 44.5. The van der Waals surface area contributed by atoms with Crippen LogP contribution < -0.4 is 21.3 Å². The quantitative estimate of drug-likeness (QED) is 0.0398. The predicted octanol–water partition coefficient (Wildman–Crippen LogP) is 24.8. The summed E-state index contributed by atoms with van der Waals surface area (Å²) in [5, 5.41) is 30.7. The number of hydrogen-bond donors (Lipinski definition) is 6. The molecule has 0 saturated heterocycles. The van der Waals surface area contributed by atoms with Gasteiger partial charge in [0.05, 0.1) is 28.0 Å². The van der Waals surface area contributed by atoms with Crippen molar-refractivity contribution in [3.8, 4) is 0 Å². The van der Waals surface area contributed by atoms with E-state index < -0.39 is 58.1 Å². The van der Waals surface area contributed by atoms with Crippen molar-refractivity contribution in [3.63, 3.8) is 0 Å². The molecule has 0 spiro atoms. The molecule has 26 heteroatoms. The molecule has 0 saturated carbocycles. The summed E-state index contributed by atoms with van der Waals surface area (Å²) in [6.07, 6.45) is 0.168. The van der Waals surface area contributed by atoms with Crippen LogP contribution in [0, 0.1) is 114 Å². The minimum Gasteiger partial charge on any atom is -0.481 e. The Balaban J connectivity index is 0.000000415. The number of carbonyl (C=O) groups excluding carboxylic acids is 3. The molecule has 0 bridgehead atoms. The molecule has 9 rings (SSSR count). The minimum atomic E-state index is -1.77. The van der Waals surface area contributed by atoms with Gasteiger partial charge in [-0.3, -0.25) is 19.2 Å². The second-order valence-corrected chi connectivity index (χ2v) is 28.6. The van der Waals surface area contributed by atoms with Crippen LogP contribution in [0.1, 0.15) is 103 Å². The second kappa shape index (κ2) is 45.2. The third kappa shape index (κ3) is 36.0. The molecular weight excluding hydrogens is 1510 g/mol. The number of thioether (sulfide) groups is 1. The molecule has 9 aromatic carbocycles. The summed E-state index contributed by atoms with van der Waals surface area (Å²) in [6.45, 7) is 25.6. The lowest BCUT2D eigenvalue weighted by Gasteiger charge is -2.21. The van der Waals surface area contributed by atoms with Gasteiger partial charge in [-0.1, -0.05) is 176 Å². The first-order chi connectivity index (χ1) is 48.8. The number of hydrogen-bond acceptors (Lipinski definition) is 6. The van der Waals surface area contributed by atoms with E-state index in [-0.39, 0.29) is 74.6 Å². The van der Waals surface area contributed by atoms with Crippen LogP contribution in [0.5, 0.6) is 0 Å². The van der Waals surface area contributed by atoms with Gasteiger partial charge in [-0.2, -0.15) is 0 Å². The first-order valence-electron chi connectivity index (χ1n) is 31.6. The summed E-state index contributed by atoms with van der Waals surface area (Å²) < 4.78 is 99.5. The van der Waals surface area contributed by atoms with E-state index in [0.29, 0.717) is 32.8 Å². The topological polar surface area (TPSA) is 174 Å². The lowest BCUT2D eigenvalue weighted by molar-refractivity contribution is -0.139. The first-order valence-corrected chi connectivity index (χ1v) is 35.1. The van der Waals surface area contributed by atoms with Crippen molar-refractivity contribution < 1.29 is 69.3 Å². The average molecular weight is 1600 g/mol. The minimum absolute atomic E-state index is 0.0195. The number of carboxylic acid groups (broad SMARTS) is 2. The van der Waals surface area contributed by atoms with E-state index in [0.717, 1.165) is 80.3 Å². The Morgan fingerprint density at radius 2 is 0.810 bits per heavy atom. The van der Waals surface area contributed by atoms with Crippen molar-refractivity contribution in [2.75, 3.05) is 32.8 Å². The van der Waals surface area contributed by atoms with Gasteiger partial charge in [0.1, 0.15) is 23.3 Å². The second-order valence-electron chi connectivity index (χ2n) is 25.2. The van der Waals surface area contributed by atoms with Gasteiger partial charge in [0.15, 0.2) is 23.3 Å². The molecule has 0 fully saturated rings. The fourth-order valence-electron chi connectivity index (χ4n) is 8.14. The van der Waals surface area contributed by atoms with Gasteiger partial charge in [0, 0.05) is 60.4 Å². The van der Waals surface area contributed by atoms with Crippen molar-refractivity contribution in [3.05, 3.63) is 290 Å². The molecule has 564 valence electrons. The largest absolute Gasteiger partial charge is 0.481 e. The number of benzene rings is 9. The molecule has 0 aliphatic rings. The third-order valence-electron chi connectivity index (χ3n) is 14.1. The number of carboxylic acids is 2. The number of halogens is 14. The Morgan fingerprint density at radius 3 is 1.24 bits per heavy atom. The zero-order valence-electron chi connectivity index (χ0n) is 60.0. The Labute approximate surface area is 642 Å². The number of nitrogens with one attached hydrogen (secondary N) is 4. The Morgan fingerprint density at radius 1 is 0.371 bits per heavy atom. The van der Waals surface area contributed by atoms with Crippen LogP contribution in [0.15, 0.2) is 158 Å². The number of rotatable bonds is 12. The van der Waals surface area contributed by atoms with E-state index in [1.807, 2.05) is 131 Å². The van der Waals surface area contributed by atoms with Crippen LogP contribution in [0.2, 0.25) is 30.1 Å². The maximum absolute atomic E-state index is 12.9. The van der Waals surface area contributed by atoms with E-state index in [1.165, 1.54) is 30.2 Å². The number of aliphatic carboxylic acids is 2. The molecule has 0 heterocycles. The molecule has 0 aliphatic carbocycles. The molecule has 6 N–H and O–H groups in total. The summed E-state index contributed by atoms with van der Waals surface area (Å²) in [4.78, 5) is 56.0. The Kier molecular flexibility index (Phi) is 40.0.